The van der Waals surface area contributed by atoms with Crippen molar-refractivity contribution in [2.45, 2.75) is 62.9 Å². The predicted octanol–water partition coefficient (Wildman–Crippen LogP) is 6.00. The maximum absolute atomic E-state index is 14.0. The van der Waals surface area contributed by atoms with Gasteiger partial charge in [0.15, 0.2) is 0 Å². The molecule has 2 N–H and O–H groups in total. The van der Waals surface area contributed by atoms with Crippen molar-refractivity contribution in [3.8, 4) is 11.3 Å². The fourth-order valence-corrected chi connectivity index (χ4v) is 6.60. The summed E-state index contributed by atoms with van der Waals surface area (Å²) in [5, 5.41) is 5.58. The van der Waals surface area contributed by atoms with Crippen LogP contribution in [0.2, 0.25) is 0 Å². The normalized spacial score (nSPS) is 26.1. The van der Waals surface area contributed by atoms with E-state index in [9.17, 15) is 18.4 Å². The Morgan fingerprint density at radius 2 is 1.83 bits per heavy atom. The molecule has 3 saturated carbocycles. The number of hydrogen-bond donors (Lipinski definition) is 2. The molecule has 36 heavy (non-hydrogen) atoms. The van der Waals surface area contributed by atoms with Gasteiger partial charge in [0.05, 0.1) is 29.9 Å². The Labute approximate surface area is 208 Å². The molecule has 1 atom stereocenters. The number of aromatic nitrogens is 2. The van der Waals surface area contributed by atoms with Gasteiger partial charge >= 0.3 is 6.03 Å². The lowest BCUT2D eigenvalue weighted by Crippen LogP contribution is -2.52. The van der Waals surface area contributed by atoms with E-state index in [-0.39, 0.29) is 22.9 Å². The lowest BCUT2D eigenvalue weighted by atomic mass is 9.65. The van der Waals surface area contributed by atoms with Gasteiger partial charge in [-0.1, -0.05) is 30.7 Å². The second kappa shape index (κ2) is 8.54. The number of carbonyl (C=O) groups is 2. The van der Waals surface area contributed by atoms with E-state index >= 15 is 0 Å². The summed E-state index contributed by atoms with van der Waals surface area (Å²) in [5.74, 6) is -1.22. The third-order valence-electron chi connectivity index (χ3n) is 8.60. The summed E-state index contributed by atoms with van der Waals surface area (Å²) >= 11 is 0. The van der Waals surface area contributed by atoms with Crippen molar-refractivity contribution in [1.29, 1.82) is 0 Å². The number of benzene rings is 2. The van der Waals surface area contributed by atoms with Gasteiger partial charge in [0.25, 0.3) is 0 Å². The molecule has 2 bridgehead atoms. The molecule has 186 valence electrons. The zero-order chi connectivity index (χ0) is 24.9. The molecule has 0 spiro atoms. The molecule has 2 heterocycles. The SMILES string of the molecule is O=C(Nc1ccc(F)cc1F)NC12CCCC(C(=O)CC3c4ccccc4-c4cncn43)(CC1)CC2. The van der Waals surface area contributed by atoms with Crippen LogP contribution in [0.15, 0.2) is 55.0 Å². The molecule has 7 rings (SSSR count). The molecule has 1 aromatic heterocycles. The number of anilines is 1. The smallest absolute Gasteiger partial charge is 0.319 e. The van der Waals surface area contributed by atoms with Crippen LogP contribution in [0.3, 0.4) is 0 Å². The molecular weight excluding hydrogens is 462 g/mol. The zero-order valence-corrected chi connectivity index (χ0v) is 19.9. The van der Waals surface area contributed by atoms with Crippen LogP contribution in [0.25, 0.3) is 11.3 Å². The van der Waals surface area contributed by atoms with E-state index in [1.165, 1.54) is 11.6 Å². The molecule has 4 aliphatic rings. The molecule has 3 aromatic rings. The molecule has 2 amide bonds. The fourth-order valence-electron chi connectivity index (χ4n) is 6.60. The molecule has 1 unspecified atom stereocenters. The first-order valence-electron chi connectivity index (χ1n) is 12.6. The van der Waals surface area contributed by atoms with Gasteiger partial charge in [0.1, 0.15) is 17.4 Å². The molecular formula is C28H28F2N4O2. The van der Waals surface area contributed by atoms with Gasteiger partial charge in [-0.2, -0.15) is 0 Å². The van der Waals surface area contributed by atoms with Gasteiger partial charge in [-0.25, -0.2) is 18.6 Å². The van der Waals surface area contributed by atoms with Crippen LogP contribution in [0.4, 0.5) is 19.3 Å². The number of nitrogens with zero attached hydrogens (tertiary/aromatic N) is 2. The van der Waals surface area contributed by atoms with E-state index < -0.39 is 23.2 Å². The first kappa shape index (κ1) is 22.9. The van der Waals surface area contributed by atoms with Crippen molar-refractivity contribution in [1.82, 2.24) is 14.9 Å². The van der Waals surface area contributed by atoms with Crippen LogP contribution >= 0.6 is 0 Å². The summed E-state index contributed by atoms with van der Waals surface area (Å²) in [6.07, 6.45) is 9.40. The topological polar surface area (TPSA) is 76.0 Å². The summed E-state index contributed by atoms with van der Waals surface area (Å²) in [7, 11) is 0. The van der Waals surface area contributed by atoms with Crippen molar-refractivity contribution in [3.63, 3.8) is 0 Å². The van der Waals surface area contributed by atoms with E-state index in [0.717, 1.165) is 55.5 Å². The van der Waals surface area contributed by atoms with E-state index in [0.29, 0.717) is 19.3 Å². The second-order valence-electron chi connectivity index (χ2n) is 10.5. The molecule has 2 aromatic carbocycles. The number of halogens is 2. The number of nitrogens with one attached hydrogen (secondary N) is 2. The number of fused-ring (bicyclic) bond motifs is 7. The van der Waals surface area contributed by atoms with Gasteiger partial charge in [0, 0.05) is 29.0 Å². The monoisotopic (exact) mass is 490 g/mol. The number of amides is 2. The molecule has 1 aliphatic heterocycles. The number of carbonyl (C=O) groups excluding carboxylic acids is 2. The highest BCUT2D eigenvalue weighted by atomic mass is 19.1. The summed E-state index contributed by atoms with van der Waals surface area (Å²) in [5.41, 5.74) is 2.51. The lowest BCUT2D eigenvalue weighted by molar-refractivity contribution is -0.131. The van der Waals surface area contributed by atoms with Gasteiger partial charge in [-0.05, 0) is 56.2 Å². The van der Waals surface area contributed by atoms with Gasteiger partial charge in [0.2, 0.25) is 0 Å². The Balaban J connectivity index is 1.15. The van der Waals surface area contributed by atoms with Crippen LogP contribution in [0, 0.1) is 17.0 Å². The van der Waals surface area contributed by atoms with Crippen LogP contribution in [-0.4, -0.2) is 26.9 Å². The average Bonchev–Trinajstić information content (AvgIpc) is 3.33. The maximum Gasteiger partial charge on any atom is 0.319 e. The number of ketones is 1. The Kier molecular flexibility index (Phi) is 5.43. The van der Waals surface area contributed by atoms with Crippen molar-refractivity contribution in [2.24, 2.45) is 5.41 Å². The largest absolute Gasteiger partial charge is 0.332 e. The van der Waals surface area contributed by atoms with E-state index in [2.05, 4.69) is 32.3 Å². The van der Waals surface area contributed by atoms with Gasteiger partial charge in [-0.15, -0.1) is 0 Å². The number of urea groups is 1. The van der Waals surface area contributed by atoms with Crippen LogP contribution in [0.5, 0.6) is 0 Å². The third-order valence-corrected chi connectivity index (χ3v) is 8.60. The molecule has 3 aliphatic carbocycles. The zero-order valence-electron chi connectivity index (χ0n) is 19.9. The summed E-state index contributed by atoms with van der Waals surface area (Å²) < 4.78 is 29.3. The Hall–Kier alpha value is -3.55. The predicted molar refractivity (Wildman–Crippen MR) is 131 cm³/mol. The Morgan fingerprint density at radius 1 is 1.03 bits per heavy atom. The minimum Gasteiger partial charge on any atom is -0.332 e. The fraction of sp³-hybridized carbons (Fsp3) is 0.393. The highest BCUT2D eigenvalue weighted by Crippen LogP contribution is 2.52. The van der Waals surface area contributed by atoms with Crippen LogP contribution in [0.1, 0.15) is 63.0 Å². The van der Waals surface area contributed by atoms with E-state index in [1.54, 1.807) is 0 Å². The third kappa shape index (κ3) is 3.79. The molecule has 0 saturated heterocycles. The first-order chi connectivity index (χ1) is 17.4. The molecule has 8 heteroatoms. The second-order valence-corrected chi connectivity index (χ2v) is 10.5. The molecule has 3 fully saturated rings. The van der Waals surface area contributed by atoms with Crippen molar-refractivity contribution in [2.75, 3.05) is 5.32 Å². The number of rotatable bonds is 5. The molecule has 6 nitrogen and oxygen atoms in total. The summed E-state index contributed by atoms with van der Waals surface area (Å²) in [6, 6.07) is 10.7. The summed E-state index contributed by atoms with van der Waals surface area (Å²) in [6.45, 7) is 0. The number of hydrogen-bond acceptors (Lipinski definition) is 3. The van der Waals surface area contributed by atoms with Crippen LogP contribution in [-0.2, 0) is 4.79 Å². The van der Waals surface area contributed by atoms with E-state index in [4.69, 9.17) is 0 Å². The number of imidazole rings is 1. The Bertz CT molecular complexity index is 1340. The highest BCUT2D eigenvalue weighted by molar-refractivity contribution is 5.90. The quantitative estimate of drug-likeness (QED) is 0.461. The van der Waals surface area contributed by atoms with Crippen molar-refractivity contribution < 1.29 is 18.4 Å². The van der Waals surface area contributed by atoms with Crippen molar-refractivity contribution >= 4 is 17.5 Å². The highest BCUT2D eigenvalue weighted by Gasteiger charge is 2.50. The summed E-state index contributed by atoms with van der Waals surface area (Å²) in [4.78, 5) is 30.9. The first-order valence-corrected chi connectivity index (χ1v) is 12.6. The average molecular weight is 491 g/mol. The van der Waals surface area contributed by atoms with Crippen LogP contribution < -0.4 is 10.6 Å². The van der Waals surface area contributed by atoms with Gasteiger partial charge < -0.3 is 15.2 Å². The maximum atomic E-state index is 14.0. The molecule has 0 radical (unpaired) electrons. The minimum atomic E-state index is -0.814. The van der Waals surface area contributed by atoms with Crippen molar-refractivity contribution in [3.05, 3.63) is 72.2 Å². The lowest BCUT2D eigenvalue weighted by Gasteiger charge is -2.42. The standard InChI is InChI=1S/C28H28F2N4O2/c29-18-6-7-22(21(30)14-18)32-26(36)33-28-9-3-8-27(10-12-28,11-13-28)25(35)15-23-19-4-1-2-5-20(19)24-16-31-17-34(23)24/h1-2,4-7,14,16-17,23H,3,8-13,15H2,(H2,32,33,36). The number of Topliss-reactive ketones (excluding diaryl/α,β-unsaturated/α-hetero) is 1. The Morgan fingerprint density at radius 3 is 2.64 bits per heavy atom. The van der Waals surface area contributed by atoms with E-state index in [1.807, 2.05) is 24.7 Å². The van der Waals surface area contributed by atoms with Gasteiger partial charge in [-0.3, -0.25) is 4.79 Å². The minimum absolute atomic E-state index is 0.0370.